The summed E-state index contributed by atoms with van der Waals surface area (Å²) >= 11 is 0. The fourth-order valence-electron chi connectivity index (χ4n) is 2.17. The van der Waals surface area contributed by atoms with Crippen molar-refractivity contribution < 1.29 is 14.7 Å². The minimum absolute atomic E-state index is 0.0671. The molecule has 0 heterocycles. The third-order valence-corrected chi connectivity index (χ3v) is 3.25. The number of nitrogens with zero attached hydrogens (tertiary/aromatic N) is 1. The molecule has 0 aromatic carbocycles. The van der Waals surface area contributed by atoms with Crippen molar-refractivity contribution in [3.8, 4) is 0 Å². The summed E-state index contributed by atoms with van der Waals surface area (Å²) in [6, 6.07) is 0. The predicted molar refractivity (Wildman–Crippen MR) is 62.3 cm³/mol. The summed E-state index contributed by atoms with van der Waals surface area (Å²) in [5, 5.41) is 13.0. The van der Waals surface area contributed by atoms with E-state index in [4.69, 9.17) is 9.94 Å². The number of oxime groups is 1. The molecule has 2 unspecified atom stereocenters. The number of carbonyl (C=O) groups is 1. The molecule has 0 aromatic heterocycles. The van der Waals surface area contributed by atoms with Crippen LogP contribution in [0.5, 0.6) is 0 Å². The zero-order valence-corrected chi connectivity index (χ0v) is 10.7. The van der Waals surface area contributed by atoms with Gasteiger partial charge in [-0.3, -0.25) is 4.79 Å². The van der Waals surface area contributed by atoms with Crippen molar-refractivity contribution in [2.75, 3.05) is 0 Å². The van der Waals surface area contributed by atoms with Crippen molar-refractivity contribution >= 4 is 11.7 Å². The van der Waals surface area contributed by atoms with Crippen molar-refractivity contribution in [2.24, 2.45) is 22.4 Å². The second-order valence-corrected chi connectivity index (χ2v) is 5.43. The molecule has 0 radical (unpaired) electrons. The number of carboxylic acid groups (broad SMARTS) is 1. The monoisotopic (exact) mass is 227 g/mol. The zero-order chi connectivity index (χ0) is 12.5. The summed E-state index contributed by atoms with van der Waals surface area (Å²) < 4.78 is 0. The van der Waals surface area contributed by atoms with Crippen molar-refractivity contribution in [2.45, 2.75) is 47.1 Å². The van der Waals surface area contributed by atoms with Crippen LogP contribution >= 0.6 is 0 Å². The SMILES string of the molecule is C/C(CC1C(C(=O)O)C1(C)C)=N/OC(C)C. The lowest BCUT2D eigenvalue weighted by molar-refractivity contribution is -0.139. The van der Waals surface area contributed by atoms with Gasteiger partial charge in [-0.1, -0.05) is 19.0 Å². The predicted octanol–water partition coefficient (Wildman–Crippen LogP) is 2.53. The Balaban J connectivity index is 2.51. The summed E-state index contributed by atoms with van der Waals surface area (Å²) in [5.41, 5.74) is 0.760. The normalized spacial score (nSPS) is 28.0. The molecule has 2 atom stereocenters. The maximum absolute atomic E-state index is 11.0. The van der Waals surface area contributed by atoms with Gasteiger partial charge in [-0.15, -0.1) is 0 Å². The second kappa shape index (κ2) is 4.44. The van der Waals surface area contributed by atoms with E-state index >= 15 is 0 Å². The molecule has 1 fully saturated rings. The van der Waals surface area contributed by atoms with Gasteiger partial charge in [-0.25, -0.2) is 0 Å². The number of aliphatic carboxylic acids is 1. The van der Waals surface area contributed by atoms with Crippen LogP contribution in [0, 0.1) is 17.3 Å². The van der Waals surface area contributed by atoms with Crippen molar-refractivity contribution in [3.63, 3.8) is 0 Å². The zero-order valence-electron chi connectivity index (χ0n) is 10.7. The summed E-state index contributed by atoms with van der Waals surface area (Å²) in [5.74, 6) is -0.756. The van der Waals surface area contributed by atoms with Crippen LogP contribution in [0.25, 0.3) is 0 Å². The van der Waals surface area contributed by atoms with E-state index < -0.39 is 5.97 Å². The molecule has 1 aliphatic rings. The van der Waals surface area contributed by atoms with Crippen LogP contribution in [-0.4, -0.2) is 22.9 Å². The molecule has 0 spiro atoms. The molecule has 92 valence electrons. The lowest BCUT2D eigenvalue weighted by Gasteiger charge is -2.05. The van der Waals surface area contributed by atoms with Crippen molar-refractivity contribution in [1.82, 2.24) is 0 Å². The Kier molecular flexibility index (Phi) is 3.61. The van der Waals surface area contributed by atoms with Gasteiger partial charge in [0.25, 0.3) is 0 Å². The Bertz CT molecular complexity index is 307. The van der Waals surface area contributed by atoms with Crippen LogP contribution in [0.1, 0.15) is 41.0 Å². The first kappa shape index (κ1) is 13.0. The first-order valence-corrected chi connectivity index (χ1v) is 5.69. The first-order chi connectivity index (χ1) is 7.26. The second-order valence-electron chi connectivity index (χ2n) is 5.43. The molecule has 4 heteroatoms. The van der Waals surface area contributed by atoms with Crippen LogP contribution in [0.4, 0.5) is 0 Å². The van der Waals surface area contributed by atoms with Crippen LogP contribution in [-0.2, 0) is 9.63 Å². The van der Waals surface area contributed by atoms with E-state index in [0.29, 0.717) is 6.42 Å². The highest BCUT2D eigenvalue weighted by molar-refractivity contribution is 5.84. The van der Waals surface area contributed by atoms with E-state index in [2.05, 4.69) is 5.16 Å². The first-order valence-electron chi connectivity index (χ1n) is 5.69. The molecule has 16 heavy (non-hydrogen) atoms. The van der Waals surface area contributed by atoms with Crippen LogP contribution in [0.3, 0.4) is 0 Å². The molecule has 0 amide bonds. The van der Waals surface area contributed by atoms with Gasteiger partial charge in [-0.2, -0.15) is 0 Å². The van der Waals surface area contributed by atoms with E-state index in [1.165, 1.54) is 0 Å². The molecule has 1 saturated carbocycles. The van der Waals surface area contributed by atoms with Gasteiger partial charge in [0.2, 0.25) is 0 Å². The summed E-state index contributed by atoms with van der Waals surface area (Å²) in [6.45, 7) is 9.70. The minimum Gasteiger partial charge on any atom is -0.481 e. The molecule has 0 aliphatic heterocycles. The lowest BCUT2D eigenvalue weighted by atomic mass is 10.1. The largest absolute Gasteiger partial charge is 0.481 e. The van der Waals surface area contributed by atoms with E-state index in [9.17, 15) is 4.79 Å². The summed E-state index contributed by atoms with van der Waals surface area (Å²) in [6.07, 6.45) is 0.772. The standard InChI is InChI=1S/C12H21NO3/c1-7(2)16-13-8(3)6-9-10(11(14)15)12(9,4)5/h7,9-10H,6H2,1-5H3,(H,14,15)/b13-8-. The average molecular weight is 227 g/mol. The molecule has 0 aromatic rings. The highest BCUT2D eigenvalue weighted by atomic mass is 16.6. The molecular formula is C12H21NO3. The van der Waals surface area contributed by atoms with Crippen molar-refractivity contribution in [3.05, 3.63) is 0 Å². The molecule has 0 bridgehead atoms. The third-order valence-electron chi connectivity index (χ3n) is 3.25. The molecular weight excluding hydrogens is 206 g/mol. The molecule has 0 saturated heterocycles. The molecule has 1 N–H and O–H groups in total. The topological polar surface area (TPSA) is 58.9 Å². The van der Waals surface area contributed by atoms with Crippen molar-refractivity contribution in [1.29, 1.82) is 0 Å². The van der Waals surface area contributed by atoms with Crippen LogP contribution in [0.2, 0.25) is 0 Å². The van der Waals surface area contributed by atoms with E-state index in [1.54, 1.807) is 0 Å². The van der Waals surface area contributed by atoms with Gasteiger partial charge in [0.1, 0.15) is 6.10 Å². The fraction of sp³-hybridized carbons (Fsp3) is 0.833. The highest BCUT2D eigenvalue weighted by Crippen LogP contribution is 2.60. The molecule has 1 rings (SSSR count). The van der Waals surface area contributed by atoms with Gasteiger partial charge in [-0.05, 0) is 38.5 Å². The number of hydrogen-bond donors (Lipinski definition) is 1. The lowest BCUT2D eigenvalue weighted by Crippen LogP contribution is -2.04. The third kappa shape index (κ3) is 2.74. The Hall–Kier alpha value is -1.06. The Morgan fingerprint density at radius 1 is 1.50 bits per heavy atom. The maximum atomic E-state index is 11.0. The Labute approximate surface area is 96.7 Å². The van der Waals surface area contributed by atoms with Crippen LogP contribution < -0.4 is 0 Å². The summed E-state index contributed by atoms with van der Waals surface area (Å²) in [4.78, 5) is 16.1. The quantitative estimate of drug-likeness (QED) is 0.580. The van der Waals surface area contributed by atoms with E-state index in [-0.39, 0.29) is 23.4 Å². The van der Waals surface area contributed by atoms with E-state index in [0.717, 1.165) is 5.71 Å². The smallest absolute Gasteiger partial charge is 0.307 e. The number of carboxylic acids is 1. The summed E-state index contributed by atoms with van der Waals surface area (Å²) in [7, 11) is 0. The van der Waals surface area contributed by atoms with Crippen LogP contribution in [0.15, 0.2) is 5.16 Å². The highest BCUT2D eigenvalue weighted by Gasteiger charge is 2.61. The minimum atomic E-state index is -0.701. The van der Waals surface area contributed by atoms with E-state index in [1.807, 2.05) is 34.6 Å². The fourth-order valence-corrected chi connectivity index (χ4v) is 2.17. The molecule has 1 aliphatic carbocycles. The average Bonchev–Trinajstić information content (AvgIpc) is 2.64. The molecule has 4 nitrogen and oxygen atoms in total. The van der Waals surface area contributed by atoms with Gasteiger partial charge in [0.05, 0.1) is 11.6 Å². The van der Waals surface area contributed by atoms with Gasteiger partial charge >= 0.3 is 5.97 Å². The number of hydrogen-bond acceptors (Lipinski definition) is 3. The van der Waals surface area contributed by atoms with Gasteiger partial charge in [0.15, 0.2) is 0 Å². The van der Waals surface area contributed by atoms with Gasteiger partial charge in [0, 0.05) is 0 Å². The Morgan fingerprint density at radius 3 is 2.44 bits per heavy atom. The van der Waals surface area contributed by atoms with Gasteiger partial charge < -0.3 is 9.94 Å². The number of rotatable bonds is 5. The maximum Gasteiger partial charge on any atom is 0.307 e. The Morgan fingerprint density at radius 2 is 2.06 bits per heavy atom.